The fourth-order valence-electron chi connectivity index (χ4n) is 10.0. The second kappa shape index (κ2) is 41.1. The highest BCUT2D eigenvalue weighted by molar-refractivity contribution is 6.31. The highest BCUT2D eigenvalue weighted by Gasteiger charge is 2.30. The first-order chi connectivity index (χ1) is 44.8. The molecule has 5 rings (SSSR count). The Morgan fingerprint density at radius 3 is 2.04 bits per heavy atom. The van der Waals surface area contributed by atoms with Gasteiger partial charge < -0.3 is 61.9 Å². The van der Waals surface area contributed by atoms with Crippen molar-refractivity contribution in [1.82, 2.24) is 56.0 Å². The molecule has 3 aromatic heterocycles. The van der Waals surface area contributed by atoms with Crippen molar-refractivity contribution in [3.63, 3.8) is 0 Å². The number of ether oxygens (including phenoxy) is 2. The Morgan fingerprint density at radius 2 is 1.40 bits per heavy atom. The van der Waals surface area contributed by atoms with Crippen LogP contribution in [-0.2, 0) is 56.2 Å². The lowest BCUT2D eigenvalue weighted by Gasteiger charge is -2.24. The number of carboxylic acids is 1. The molecular formula is C65H90ClFN14O12. The van der Waals surface area contributed by atoms with E-state index in [1.54, 1.807) is 61.1 Å². The van der Waals surface area contributed by atoms with Gasteiger partial charge in [-0.1, -0.05) is 122 Å². The topological polar surface area (TPSA) is 378 Å². The summed E-state index contributed by atoms with van der Waals surface area (Å²) in [7, 11) is 0. The molecule has 93 heavy (non-hydrogen) atoms. The van der Waals surface area contributed by atoms with Crippen molar-refractivity contribution in [3.05, 3.63) is 89.2 Å². The number of carboxylic acid groups (broad SMARTS) is 1. The summed E-state index contributed by atoms with van der Waals surface area (Å²) in [5, 5.41) is 51.8. The van der Waals surface area contributed by atoms with Gasteiger partial charge in [-0.15, -0.1) is 0 Å². The SMILES string of the molecule is CCCCCCCCCCCCCCCC(=O)N[C@@H](CCC(=O)N[C@@H](CC(C)C)C(=O)N[C@@H](CO)C(=O)NCC(=O)N[C@@H](CCCCN)C(=O)Nc1ccc(COC(=O)NCOCCn2cnc(-c3ccc(F)c(Cl)c3)c2-c2ccc3ncc(C#N)n3n2)cc1)C(=O)O. The van der Waals surface area contributed by atoms with Gasteiger partial charge in [-0.3, -0.25) is 34.1 Å². The summed E-state index contributed by atoms with van der Waals surface area (Å²) in [5.74, 6) is -6.23. The maximum Gasteiger partial charge on any atom is 0.409 e. The van der Waals surface area contributed by atoms with Gasteiger partial charge >= 0.3 is 12.1 Å². The number of hydrogen-bond acceptors (Lipinski definition) is 16. The molecule has 2 aromatic carbocycles. The summed E-state index contributed by atoms with van der Waals surface area (Å²) >= 11 is 6.12. The summed E-state index contributed by atoms with van der Waals surface area (Å²) in [6.07, 6.45) is 17.9. The number of fused-ring (bicyclic) bond motifs is 1. The number of anilines is 1. The van der Waals surface area contributed by atoms with Crippen LogP contribution in [0.25, 0.3) is 28.3 Å². The van der Waals surface area contributed by atoms with Crippen LogP contribution in [0.5, 0.6) is 0 Å². The van der Waals surface area contributed by atoms with Crippen LogP contribution in [-0.4, -0.2) is 139 Å². The summed E-state index contributed by atoms with van der Waals surface area (Å²) in [6, 6.07) is 10.9. The lowest BCUT2D eigenvalue weighted by atomic mass is 10.0. The fourth-order valence-corrected chi connectivity index (χ4v) is 10.2. The van der Waals surface area contributed by atoms with Gasteiger partial charge in [0.15, 0.2) is 11.3 Å². The molecule has 0 saturated carbocycles. The van der Waals surface area contributed by atoms with Crippen LogP contribution in [0.4, 0.5) is 14.9 Å². The van der Waals surface area contributed by atoms with E-state index in [1.165, 1.54) is 80.3 Å². The molecule has 28 heteroatoms. The zero-order valence-corrected chi connectivity index (χ0v) is 54.1. The smallest absolute Gasteiger partial charge is 0.409 e. The molecule has 0 radical (unpaired) electrons. The number of benzene rings is 2. The number of rotatable bonds is 44. The van der Waals surface area contributed by atoms with Crippen molar-refractivity contribution in [2.75, 3.05) is 38.4 Å². The van der Waals surface area contributed by atoms with E-state index in [1.807, 2.05) is 0 Å². The summed E-state index contributed by atoms with van der Waals surface area (Å²) in [6.45, 7) is 4.57. The Kier molecular flexibility index (Phi) is 33.2. The third-order valence-corrected chi connectivity index (χ3v) is 15.4. The first-order valence-electron chi connectivity index (χ1n) is 32.0. The second-order valence-electron chi connectivity index (χ2n) is 23.1. The van der Waals surface area contributed by atoms with E-state index in [9.17, 15) is 58.2 Å². The number of carbonyl (C=O) groups is 8. The molecule has 4 atom stereocenters. The standard InChI is InChI=1S/C65H90ClFN14O12/c1-4-5-6-7-8-9-10-11-12-13-14-15-16-20-56(83)76-52(64(89)90)28-30-57(84)77-53(34-43(2)3)63(88)78-54(39-82)61(86)71-38-58(85)75-51(19-17-18-31-68)62(87)74-46-24-21-44(22-25-46)40-93-65(91)73-42-92-33-32-80-41-72-59(45-23-26-49(67)48(66)35-45)60(80)50-27-29-55-70-37-47(36-69)81(55)79-50/h21-27,29,35,37,41,43,51-54,82H,4-20,28,30-34,38-40,42,68H2,1-3H3,(H,71,86)(H,73,91)(H,74,87)(H,75,85)(H,76,83)(H,77,84)(H,78,88)(H,89,90)/t51-,52-,53-,54-/m0/s1. The molecule has 506 valence electrons. The van der Waals surface area contributed by atoms with Crippen molar-refractivity contribution < 1.29 is 62.4 Å². The zero-order valence-electron chi connectivity index (χ0n) is 53.3. The van der Waals surface area contributed by atoms with E-state index in [0.717, 1.165) is 25.7 Å². The van der Waals surface area contributed by atoms with Crippen LogP contribution in [0, 0.1) is 23.1 Å². The number of hydrogen-bond donors (Lipinski definition) is 10. The number of amides is 7. The lowest BCUT2D eigenvalue weighted by Crippen LogP contribution is -2.56. The number of imidazole rings is 2. The number of aliphatic hydroxyl groups excluding tert-OH is 1. The van der Waals surface area contributed by atoms with Gasteiger partial charge in [-0.05, 0) is 99.0 Å². The molecule has 7 amide bonds. The minimum atomic E-state index is -1.55. The van der Waals surface area contributed by atoms with Gasteiger partial charge in [0.05, 0.1) is 48.7 Å². The zero-order chi connectivity index (χ0) is 67.5. The largest absolute Gasteiger partial charge is 0.480 e. The maximum absolute atomic E-state index is 14.1. The van der Waals surface area contributed by atoms with Crippen LogP contribution in [0.1, 0.15) is 160 Å². The van der Waals surface area contributed by atoms with E-state index in [2.05, 4.69) is 65.3 Å². The molecule has 0 fully saturated rings. The van der Waals surface area contributed by atoms with Gasteiger partial charge in [0, 0.05) is 30.6 Å². The van der Waals surface area contributed by atoms with Gasteiger partial charge in [-0.2, -0.15) is 10.4 Å². The third kappa shape index (κ3) is 26.5. The van der Waals surface area contributed by atoms with Gasteiger partial charge in [0.1, 0.15) is 55.1 Å². The van der Waals surface area contributed by atoms with Crippen LogP contribution < -0.4 is 43.0 Å². The molecule has 5 aromatic rings. The number of aliphatic carboxylic acids is 1. The Balaban J connectivity index is 1.02. The number of nitrogens with one attached hydrogen (secondary N) is 7. The highest BCUT2D eigenvalue weighted by atomic mass is 35.5. The number of carbonyl (C=O) groups excluding carboxylic acids is 7. The number of nitrogens with two attached hydrogens (primary N) is 1. The minimum absolute atomic E-state index is 0.0928. The normalized spacial score (nSPS) is 12.5. The third-order valence-electron chi connectivity index (χ3n) is 15.1. The second-order valence-corrected chi connectivity index (χ2v) is 23.5. The van der Waals surface area contributed by atoms with Crippen molar-refractivity contribution in [2.45, 2.75) is 187 Å². The van der Waals surface area contributed by atoms with Gasteiger partial charge in [0.2, 0.25) is 35.4 Å². The molecule has 0 aliphatic carbocycles. The monoisotopic (exact) mass is 1310 g/mol. The molecule has 0 saturated heterocycles. The van der Waals surface area contributed by atoms with Gasteiger partial charge in [0.25, 0.3) is 0 Å². The van der Waals surface area contributed by atoms with Crippen molar-refractivity contribution >= 4 is 70.4 Å². The molecule has 11 N–H and O–H groups in total. The Bertz CT molecular complexity index is 3270. The average Bonchev–Trinajstić information content (AvgIpc) is 1.68. The number of halogens is 2. The average molecular weight is 1310 g/mol. The van der Waals surface area contributed by atoms with E-state index >= 15 is 0 Å². The molecular weight excluding hydrogens is 1220 g/mol. The van der Waals surface area contributed by atoms with Gasteiger partial charge in [-0.25, -0.2) is 28.5 Å². The van der Waals surface area contributed by atoms with Crippen LogP contribution in [0.3, 0.4) is 0 Å². The van der Waals surface area contributed by atoms with Crippen LogP contribution in [0.15, 0.2) is 67.1 Å². The quantitative estimate of drug-likeness (QED) is 0.0135. The van der Waals surface area contributed by atoms with E-state index in [4.69, 9.17) is 26.8 Å². The number of nitriles is 1. The first kappa shape index (κ1) is 75.1. The fraction of sp³-hybridized carbons (Fsp3) is 0.538. The number of aliphatic hydroxyl groups is 1. The Hall–Kier alpha value is -8.58. The predicted octanol–water partition coefficient (Wildman–Crippen LogP) is 7.33. The summed E-state index contributed by atoms with van der Waals surface area (Å²) in [5.41, 5.74) is 9.20. The van der Waals surface area contributed by atoms with Crippen molar-refractivity contribution in [3.8, 4) is 28.7 Å². The highest BCUT2D eigenvalue weighted by Crippen LogP contribution is 2.33. The summed E-state index contributed by atoms with van der Waals surface area (Å²) in [4.78, 5) is 113. The molecule has 0 aliphatic rings. The molecule has 0 unspecified atom stereocenters. The predicted molar refractivity (Wildman–Crippen MR) is 346 cm³/mol. The van der Waals surface area contributed by atoms with Crippen LogP contribution >= 0.6 is 11.6 Å². The maximum atomic E-state index is 14.1. The number of aromatic nitrogens is 5. The lowest BCUT2D eigenvalue weighted by molar-refractivity contribution is -0.142. The Morgan fingerprint density at radius 1 is 0.731 bits per heavy atom. The van der Waals surface area contributed by atoms with E-state index < -0.39 is 90.6 Å². The van der Waals surface area contributed by atoms with Crippen molar-refractivity contribution in [1.29, 1.82) is 5.26 Å². The van der Waals surface area contributed by atoms with Crippen molar-refractivity contribution in [2.24, 2.45) is 11.7 Å². The van der Waals surface area contributed by atoms with Crippen LogP contribution in [0.2, 0.25) is 5.02 Å². The number of unbranched alkanes of at least 4 members (excludes halogenated alkanes) is 13. The molecule has 0 spiro atoms. The summed E-state index contributed by atoms with van der Waals surface area (Å²) < 4.78 is 28.3. The molecule has 0 aliphatic heterocycles. The Labute approximate surface area is 546 Å². The number of alkyl carbamates (subject to hydrolysis) is 1. The number of nitrogens with zero attached hydrogens (tertiary/aromatic N) is 6. The first-order valence-corrected chi connectivity index (χ1v) is 32.4. The molecule has 0 bridgehead atoms. The molecule has 26 nitrogen and oxygen atoms in total. The molecule has 3 heterocycles. The minimum Gasteiger partial charge on any atom is -0.480 e. The van der Waals surface area contributed by atoms with E-state index in [-0.39, 0.29) is 75.2 Å². The van der Waals surface area contributed by atoms with E-state index in [0.29, 0.717) is 65.4 Å².